The molecule has 29 heavy (non-hydrogen) atoms. The molecule has 1 atom stereocenters. The molecule has 2 rings (SSSR count). The Bertz CT molecular complexity index is 781. The van der Waals surface area contributed by atoms with E-state index in [-0.39, 0.29) is 0 Å². The Morgan fingerprint density at radius 1 is 1.24 bits per heavy atom. The van der Waals surface area contributed by atoms with Gasteiger partial charge in [0.25, 0.3) is 0 Å². The summed E-state index contributed by atoms with van der Waals surface area (Å²) in [7, 11) is 0. The highest BCUT2D eigenvalue weighted by Crippen LogP contribution is 2.15. The molecule has 1 unspecified atom stereocenters. The Kier molecular flexibility index (Phi) is 9.39. The van der Waals surface area contributed by atoms with Gasteiger partial charge in [-0.3, -0.25) is 5.41 Å². The summed E-state index contributed by atoms with van der Waals surface area (Å²) >= 11 is 0. The minimum Gasteiger partial charge on any atom is -0.376 e. The van der Waals surface area contributed by atoms with Crippen LogP contribution >= 0.6 is 0 Å². The molecule has 1 aliphatic rings. The maximum Gasteiger partial charge on any atom is 0.0653 e. The fraction of sp³-hybridized carbons (Fsp3) is 0.346. The number of nitrogens with zero attached hydrogens (tertiary/aromatic N) is 1. The minimum absolute atomic E-state index is 0.452. The van der Waals surface area contributed by atoms with Gasteiger partial charge in [-0.2, -0.15) is 0 Å². The van der Waals surface area contributed by atoms with Crippen molar-refractivity contribution in [3.05, 3.63) is 96.3 Å². The summed E-state index contributed by atoms with van der Waals surface area (Å²) in [5.74, 6) is 0. The molecule has 1 aliphatic heterocycles. The maximum atomic E-state index is 8.65. The van der Waals surface area contributed by atoms with Crippen molar-refractivity contribution < 1.29 is 0 Å². The van der Waals surface area contributed by atoms with Gasteiger partial charge < -0.3 is 10.2 Å². The summed E-state index contributed by atoms with van der Waals surface area (Å²) in [6, 6.07) is 8.78. The number of piperidine rings is 1. The normalized spacial score (nSPS) is 18.1. The van der Waals surface area contributed by atoms with Crippen LogP contribution in [0.25, 0.3) is 0 Å². The molecule has 3 nitrogen and oxygen atoms in total. The first-order valence-corrected chi connectivity index (χ1v) is 10.5. The Hall–Kier alpha value is -2.65. The molecule has 0 aromatic heterocycles. The van der Waals surface area contributed by atoms with Crippen LogP contribution in [0.5, 0.6) is 0 Å². The van der Waals surface area contributed by atoms with E-state index < -0.39 is 0 Å². The Morgan fingerprint density at radius 2 is 2.00 bits per heavy atom. The summed E-state index contributed by atoms with van der Waals surface area (Å²) in [5, 5.41) is 12.3. The van der Waals surface area contributed by atoms with Crippen molar-refractivity contribution in [3.8, 4) is 0 Å². The average Bonchev–Trinajstić information content (AvgIpc) is 2.77. The zero-order chi connectivity index (χ0) is 21.1. The molecule has 1 heterocycles. The Labute approximate surface area is 176 Å². The average molecular weight is 390 g/mol. The zero-order valence-electron chi connectivity index (χ0n) is 18.0. The molecular formula is C26H35N3. The second kappa shape index (κ2) is 12.0. The Morgan fingerprint density at radius 3 is 2.62 bits per heavy atom. The highest BCUT2D eigenvalue weighted by Gasteiger charge is 2.18. The molecule has 0 radical (unpaired) electrons. The van der Waals surface area contributed by atoms with Crippen LogP contribution in [0.15, 0.2) is 85.1 Å². The fourth-order valence-corrected chi connectivity index (χ4v) is 3.56. The van der Waals surface area contributed by atoms with Gasteiger partial charge in [0, 0.05) is 25.7 Å². The van der Waals surface area contributed by atoms with Crippen LogP contribution < -0.4 is 5.32 Å². The SMILES string of the molecule is C=C/C(=C\C=C/C)Cc1ccc(C(=N)/C(=C/C)CNC2CCCN(C=C)C2)cc1. The van der Waals surface area contributed by atoms with E-state index in [0.29, 0.717) is 11.8 Å². The molecule has 0 bridgehead atoms. The van der Waals surface area contributed by atoms with E-state index in [1.165, 1.54) is 24.0 Å². The second-order valence-corrected chi connectivity index (χ2v) is 7.43. The first-order valence-electron chi connectivity index (χ1n) is 10.5. The van der Waals surface area contributed by atoms with Crippen LogP contribution in [-0.4, -0.2) is 36.3 Å². The van der Waals surface area contributed by atoms with Gasteiger partial charge in [-0.05, 0) is 61.6 Å². The van der Waals surface area contributed by atoms with Crippen molar-refractivity contribution in [1.29, 1.82) is 5.41 Å². The molecule has 154 valence electrons. The molecule has 0 amide bonds. The zero-order valence-corrected chi connectivity index (χ0v) is 18.0. The lowest BCUT2D eigenvalue weighted by atomic mass is 9.98. The summed E-state index contributed by atoms with van der Waals surface area (Å²) < 4.78 is 0. The van der Waals surface area contributed by atoms with Gasteiger partial charge in [0.15, 0.2) is 0 Å². The smallest absolute Gasteiger partial charge is 0.0653 e. The van der Waals surface area contributed by atoms with Gasteiger partial charge in [0.2, 0.25) is 0 Å². The number of hydrogen-bond donors (Lipinski definition) is 2. The Balaban J connectivity index is 1.97. The van der Waals surface area contributed by atoms with Crippen molar-refractivity contribution in [2.24, 2.45) is 0 Å². The van der Waals surface area contributed by atoms with Gasteiger partial charge in [0.1, 0.15) is 0 Å². The molecule has 1 fully saturated rings. The first-order chi connectivity index (χ1) is 14.1. The predicted molar refractivity (Wildman–Crippen MR) is 127 cm³/mol. The highest BCUT2D eigenvalue weighted by atomic mass is 15.1. The van der Waals surface area contributed by atoms with Crippen molar-refractivity contribution in [3.63, 3.8) is 0 Å². The van der Waals surface area contributed by atoms with E-state index in [4.69, 9.17) is 5.41 Å². The molecule has 2 N–H and O–H groups in total. The lowest BCUT2D eigenvalue weighted by Gasteiger charge is -2.32. The number of allylic oxidation sites excluding steroid dienone is 6. The van der Waals surface area contributed by atoms with Crippen LogP contribution in [0.3, 0.4) is 0 Å². The minimum atomic E-state index is 0.452. The van der Waals surface area contributed by atoms with Gasteiger partial charge in [-0.25, -0.2) is 0 Å². The molecule has 1 aromatic rings. The van der Waals surface area contributed by atoms with Crippen LogP contribution in [0, 0.1) is 5.41 Å². The molecule has 3 heteroatoms. The largest absolute Gasteiger partial charge is 0.376 e. The maximum absolute atomic E-state index is 8.65. The molecule has 0 spiro atoms. The summed E-state index contributed by atoms with van der Waals surface area (Å²) in [4.78, 5) is 2.27. The third-order valence-electron chi connectivity index (χ3n) is 5.38. The lowest BCUT2D eigenvalue weighted by Crippen LogP contribution is -2.44. The lowest BCUT2D eigenvalue weighted by molar-refractivity contribution is 0.256. The number of nitrogens with one attached hydrogen (secondary N) is 2. The predicted octanol–water partition coefficient (Wildman–Crippen LogP) is 5.43. The topological polar surface area (TPSA) is 39.1 Å². The third kappa shape index (κ3) is 7.03. The van der Waals surface area contributed by atoms with Gasteiger partial charge >= 0.3 is 0 Å². The van der Waals surface area contributed by atoms with Crippen LogP contribution in [0.4, 0.5) is 0 Å². The third-order valence-corrected chi connectivity index (χ3v) is 5.38. The molecule has 0 aliphatic carbocycles. The van der Waals surface area contributed by atoms with Crippen molar-refractivity contribution in [2.45, 2.75) is 39.2 Å². The number of rotatable bonds is 10. The van der Waals surface area contributed by atoms with Gasteiger partial charge in [-0.1, -0.05) is 67.8 Å². The summed E-state index contributed by atoms with van der Waals surface area (Å²) in [5.41, 5.74) is 5.00. The monoisotopic (exact) mass is 389 g/mol. The van der Waals surface area contributed by atoms with E-state index in [1.807, 2.05) is 44.4 Å². The second-order valence-electron chi connectivity index (χ2n) is 7.43. The van der Waals surface area contributed by atoms with Crippen molar-refractivity contribution in [1.82, 2.24) is 10.2 Å². The van der Waals surface area contributed by atoms with Crippen LogP contribution in [-0.2, 0) is 6.42 Å². The summed E-state index contributed by atoms with van der Waals surface area (Å²) in [6.07, 6.45) is 15.2. The van der Waals surface area contributed by atoms with Crippen molar-refractivity contribution >= 4 is 5.71 Å². The van der Waals surface area contributed by atoms with Crippen LogP contribution in [0.1, 0.15) is 37.8 Å². The molecule has 1 saturated heterocycles. The van der Waals surface area contributed by atoms with Crippen molar-refractivity contribution in [2.75, 3.05) is 19.6 Å². The van der Waals surface area contributed by atoms with Gasteiger partial charge in [-0.15, -0.1) is 0 Å². The molecular weight excluding hydrogens is 354 g/mol. The van der Waals surface area contributed by atoms with Gasteiger partial charge in [0.05, 0.1) is 5.71 Å². The van der Waals surface area contributed by atoms with Crippen LogP contribution in [0.2, 0.25) is 0 Å². The number of benzene rings is 1. The van der Waals surface area contributed by atoms with E-state index in [2.05, 4.69) is 53.7 Å². The number of likely N-dealkylation sites (tertiary alicyclic amines) is 1. The summed E-state index contributed by atoms with van der Waals surface area (Å²) in [6.45, 7) is 14.6. The van der Waals surface area contributed by atoms with E-state index in [0.717, 1.165) is 37.2 Å². The standard InChI is InChI=1S/C26H35N3/c1-5-9-11-21(6-2)18-22-13-15-24(16-14-22)26(27)23(7-3)19-28-25-12-10-17-29(8-4)20-25/h5-9,11,13-16,25,27-28H,2,4,10,12,17-20H2,1,3H3/b9-5-,21-11+,23-7+,27-26?. The first kappa shape index (κ1) is 22.6. The molecule has 1 aromatic carbocycles. The highest BCUT2D eigenvalue weighted by molar-refractivity contribution is 6.10. The van der Waals surface area contributed by atoms with E-state index >= 15 is 0 Å². The van der Waals surface area contributed by atoms with E-state index in [1.54, 1.807) is 0 Å². The quantitative estimate of drug-likeness (QED) is 0.414. The molecule has 0 saturated carbocycles. The fourth-order valence-electron chi connectivity index (χ4n) is 3.56. The van der Waals surface area contributed by atoms with E-state index in [9.17, 15) is 0 Å². The number of hydrogen-bond acceptors (Lipinski definition) is 3.